The molecular formula is C23H21F3N6O3S. The van der Waals surface area contributed by atoms with Gasteiger partial charge in [0.25, 0.3) is 5.91 Å². The largest absolute Gasteiger partial charge is 0.416 e. The van der Waals surface area contributed by atoms with E-state index < -0.39 is 23.8 Å². The van der Waals surface area contributed by atoms with Crippen molar-refractivity contribution in [2.45, 2.75) is 18.7 Å². The van der Waals surface area contributed by atoms with E-state index in [9.17, 15) is 27.9 Å². The molecule has 0 unspecified atom stereocenters. The van der Waals surface area contributed by atoms with Crippen LogP contribution < -0.4 is 10.6 Å². The van der Waals surface area contributed by atoms with Crippen molar-refractivity contribution in [2.24, 2.45) is 7.05 Å². The van der Waals surface area contributed by atoms with Crippen molar-refractivity contribution in [3.05, 3.63) is 47.5 Å². The number of benzene rings is 2. The van der Waals surface area contributed by atoms with E-state index in [2.05, 4.69) is 20.6 Å². The van der Waals surface area contributed by atoms with Gasteiger partial charge in [-0.3, -0.25) is 9.59 Å². The smallest absolute Gasteiger partial charge is 0.391 e. The summed E-state index contributed by atoms with van der Waals surface area (Å²) in [7, 11) is 1.76. The maximum Gasteiger partial charge on any atom is 0.416 e. The lowest BCUT2D eigenvalue weighted by atomic mass is 10.2. The number of imidazole rings is 1. The van der Waals surface area contributed by atoms with Crippen LogP contribution in [-0.2, 0) is 18.0 Å². The normalized spacial score (nSPS) is 16.1. The molecule has 1 atom stereocenters. The van der Waals surface area contributed by atoms with Gasteiger partial charge in [0, 0.05) is 25.7 Å². The topological polar surface area (TPSA) is 112 Å². The van der Waals surface area contributed by atoms with E-state index in [-0.39, 0.29) is 19.0 Å². The Labute approximate surface area is 206 Å². The summed E-state index contributed by atoms with van der Waals surface area (Å²) in [6.45, 7) is 0.554. The predicted molar refractivity (Wildman–Crippen MR) is 128 cm³/mol. The predicted octanol–water partition coefficient (Wildman–Crippen LogP) is 3.27. The summed E-state index contributed by atoms with van der Waals surface area (Å²) >= 11 is 1.08. The first-order chi connectivity index (χ1) is 17.1. The number of alkyl halides is 3. The van der Waals surface area contributed by atoms with Gasteiger partial charge in [-0.1, -0.05) is 11.3 Å². The monoisotopic (exact) mass is 518 g/mol. The molecule has 0 spiro atoms. The van der Waals surface area contributed by atoms with E-state index in [0.717, 1.165) is 29.0 Å². The first-order valence-electron chi connectivity index (χ1n) is 11.0. The highest BCUT2D eigenvalue weighted by molar-refractivity contribution is 7.22. The first kappa shape index (κ1) is 24.0. The summed E-state index contributed by atoms with van der Waals surface area (Å²) < 4.78 is 41.1. The van der Waals surface area contributed by atoms with Crippen molar-refractivity contribution in [1.82, 2.24) is 24.8 Å². The molecule has 0 radical (unpaired) electrons. The zero-order chi connectivity index (χ0) is 25.6. The van der Waals surface area contributed by atoms with Crippen LogP contribution in [0, 0.1) is 0 Å². The van der Waals surface area contributed by atoms with Gasteiger partial charge in [-0.15, -0.1) is 0 Å². The van der Waals surface area contributed by atoms with Gasteiger partial charge < -0.3 is 25.2 Å². The van der Waals surface area contributed by atoms with Crippen LogP contribution in [0.2, 0.25) is 0 Å². The molecule has 4 aromatic rings. The molecule has 0 saturated carbocycles. The average molecular weight is 519 g/mol. The number of aryl methyl sites for hydroxylation is 1. The highest BCUT2D eigenvalue weighted by Gasteiger charge is 2.31. The van der Waals surface area contributed by atoms with Gasteiger partial charge in [-0.05, 0) is 42.8 Å². The highest BCUT2D eigenvalue weighted by atomic mass is 32.1. The Hall–Kier alpha value is -3.71. The molecule has 13 heteroatoms. The van der Waals surface area contributed by atoms with Crippen LogP contribution in [0.15, 0.2) is 36.4 Å². The van der Waals surface area contributed by atoms with Gasteiger partial charge in [0.1, 0.15) is 0 Å². The molecule has 2 aromatic carbocycles. The molecule has 3 heterocycles. The lowest BCUT2D eigenvalue weighted by molar-refractivity contribution is -0.137. The Morgan fingerprint density at radius 2 is 1.97 bits per heavy atom. The molecule has 1 saturated heterocycles. The summed E-state index contributed by atoms with van der Waals surface area (Å²) in [5, 5.41) is 15.6. The lowest BCUT2D eigenvalue weighted by Crippen LogP contribution is -2.39. The van der Waals surface area contributed by atoms with Crippen LogP contribution >= 0.6 is 11.3 Å². The minimum Gasteiger partial charge on any atom is -0.391 e. The summed E-state index contributed by atoms with van der Waals surface area (Å²) in [6, 6.07) is 8.31. The number of nitrogens with one attached hydrogen (secondary N) is 2. The van der Waals surface area contributed by atoms with Crippen molar-refractivity contribution in [2.75, 3.05) is 25.0 Å². The maximum absolute atomic E-state index is 13.0. The summed E-state index contributed by atoms with van der Waals surface area (Å²) in [6.07, 6.45) is -4.44. The number of aliphatic hydroxyl groups is 1. The van der Waals surface area contributed by atoms with Crippen molar-refractivity contribution in [1.29, 1.82) is 0 Å². The standard InChI is InChI=1S/C23H21F3N6O3S/c1-31-17-5-2-12(20(35)27-10-19(34)32-7-6-14(33)11-32)8-16(17)28-21(31)30-22-29-15-4-3-13(23(24,25)26)9-18(15)36-22/h2-5,8-9,14,33H,6-7,10-11H2,1H3,(H,27,35)(H,28,29,30)/t14-/m0/s1. The molecule has 2 aromatic heterocycles. The van der Waals surface area contributed by atoms with E-state index in [1.807, 2.05) is 0 Å². The SMILES string of the molecule is Cn1c(Nc2nc3ccc(C(F)(F)F)cc3s2)nc2cc(C(=O)NCC(=O)N3CC[C@H](O)C3)ccc21. The number of likely N-dealkylation sites (tertiary alicyclic amines) is 1. The number of carbonyl (C=O) groups is 2. The van der Waals surface area contributed by atoms with Crippen LogP contribution in [-0.4, -0.2) is 62.1 Å². The highest BCUT2D eigenvalue weighted by Crippen LogP contribution is 2.35. The molecule has 1 aliphatic rings. The van der Waals surface area contributed by atoms with Crippen LogP contribution in [0.1, 0.15) is 22.3 Å². The van der Waals surface area contributed by atoms with Gasteiger partial charge in [0.2, 0.25) is 11.9 Å². The number of thiazole rings is 1. The van der Waals surface area contributed by atoms with E-state index in [1.165, 1.54) is 11.0 Å². The molecule has 1 fully saturated rings. The van der Waals surface area contributed by atoms with Gasteiger partial charge >= 0.3 is 6.18 Å². The Morgan fingerprint density at radius 1 is 1.17 bits per heavy atom. The van der Waals surface area contributed by atoms with E-state index in [1.54, 1.807) is 29.8 Å². The molecule has 5 rings (SSSR count). The summed E-state index contributed by atoms with van der Waals surface area (Å²) in [5.74, 6) is -0.291. The molecule has 9 nitrogen and oxygen atoms in total. The number of fused-ring (bicyclic) bond motifs is 2. The maximum atomic E-state index is 13.0. The summed E-state index contributed by atoms with van der Waals surface area (Å²) in [5.41, 5.74) is 1.25. The fraction of sp³-hybridized carbons (Fsp3) is 0.304. The summed E-state index contributed by atoms with van der Waals surface area (Å²) in [4.78, 5) is 35.1. The number of aromatic nitrogens is 3. The van der Waals surface area contributed by atoms with Gasteiger partial charge in [0.05, 0.1) is 39.5 Å². The third-order valence-electron chi connectivity index (χ3n) is 5.99. The molecule has 0 bridgehead atoms. The number of hydrogen-bond acceptors (Lipinski definition) is 7. The quantitative estimate of drug-likeness (QED) is 0.374. The van der Waals surface area contributed by atoms with Crippen molar-refractivity contribution in [3.8, 4) is 0 Å². The van der Waals surface area contributed by atoms with E-state index >= 15 is 0 Å². The Morgan fingerprint density at radius 3 is 2.69 bits per heavy atom. The van der Waals surface area contributed by atoms with Crippen LogP contribution in [0.4, 0.5) is 24.3 Å². The van der Waals surface area contributed by atoms with E-state index in [0.29, 0.717) is 45.3 Å². The van der Waals surface area contributed by atoms with Gasteiger partial charge in [0.15, 0.2) is 5.13 Å². The number of carbonyl (C=O) groups excluding carboxylic acids is 2. The molecular weight excluding hydrogens is 497 g/mol. The van der Waals surface area contributed by atoms with Crippen molar-refractivity contribution < 1.29 is 27.9 Å². The Kier molecular flexibility index (Phi) is 6.04. The van der Waals surface area contributed by atoms with Crippen LogP contribution in [0.5, 0.6) is 0 Å². The third-order valence-corrected chi connectivity index (χ3v) is 6.93. The second-order valence-corrected chi connectivity index (χ2v) is 9.52. The zero-order valence-corrected chi connectivity index (χ0v) is 19.8. The number of rotatable bonds is 5. The number of halogens is 3. The van der Waals surface area contributed by atoms with Gasteiger partial charge in [-0.25, -0.2) is 9.97 Å². The zero-order valence-electron chi connectivity index (χ0n) is 19.0. The minimum atomic E-state index is -4.43. The molecule has 3 N–H and O–H groups in total. The molecule has 2 amide bonds. The lowest BCUT2D eigenvalue weighted by Gasteiger charge is -2.15. The van der Waals surface area contributed by atoms with Gasteiger partial charge in [-0.2, -0.15) is 13.2 Å². The number of β-amino-alcohol motifs (C(OH)–C–C–N with tert-alkyl or cyclic N) is 1. The van der Waals surface area contributed by atoms with Crippen molar-refractivity contribution >= 4 is 55.5 Å². The Bertz CT molecular complexity index is 1480. The molecule has 188 valence electrons. The average Bonchev–Trinajstić information content (AvgIpc) is 3.53. The fourth-order valence-electron chi connectivity index (χ4n) is 4.04. The van der Waals surface area contributed by atoms with Crippen LogP contribution in [0.3, 0.4) is 0 Å². The molecule has 0 aliphatic carbocycles. The number of hydrogen-bond donors (Lipinski definition) is 3. The minimum absolute atomic E-state index is 0.174. The molecule has 1 aliphatic heterocycles. The van der Waals surface area contributed by atoms with Crippen molar-refractivity contribution in [3.63, 3.8) is 0 Å². The number of nitrogens with zero attached hydrogens (tertiary/aromatic N) is 4. The fourth-order valence-corrected chi connectivity index (χ4v) is 4.94. The van der Waals surface area contributed by atoms with Crippen LogP contribution in [0.25, 0.3) is 21.3 Å². The third kappa shape index (κ3) is 4.71. The second-order valence-electron chi connectivity index (χ2n) is 8.49. The number of anilines is 2. The Balaban J connectivity index is 1.31. The van der Waals surface area contributed by atoms with E-state index in [4.69, 9.17) is 0 Å². The molecule has 36 heavy (non-hydrogen) atoms. The number of aliphatic hydroxyl groups excluding tert-OH is 1. The second kappa shape index (κ2) is 9.06. The number of amides is 2. The first-order valence-corrected chi connectivity index (χ1v) is 11.9.